The van der Waals surface area contributed by atoms with Crippen LogP contribution >= 0.6 is 0 Å². The molecular weight excluding hydrogens is 442 g/mol. The summed E-state index contributed by atoms with van der Waals surface area (Å²) < 4.78 is 13.7. The largest absolute Gasteiger partial charge is 0.490 e. The molecule has 0 fully saturated rings. The second kappa shape index (κ2) is 10.9. The summed E-state index contributed by atoms with van der Waals surface area (Å²) in [5, 5.41) is 4.44. The van der Waals surface area contributed by atoms with Crippen molar-refractivity contribution >= 4 is 28.2 Å². The first-order valence-electron chi connectivity index (χ1n) is 11.9. The molecule has 3 N–H and O–H groups in total. The number of pyridine rings is 1. The molecule has 0 aliphatic rings. The predicted molar refractivity (Wildman–Crippen MR) is 137 cm³/mol. The molecule has 0 bridgehead atoms. The van der Waals surface area contributed by atoms with Crippen LogP contribution in [0.3, 0.4) is 0 Å². The molecule has 8 nitrogen and oxygen atoms in total. The second-order valence-electron chi connectivity index (χ2n) is 8.14. The van der Waals surface area contributed by atoms with Gasteiger partial charge in [0.05, 0.1) is 37.2 Å². The van der Waals surface area contributed by atoms with Gasteiger partial charge in [0.15, 0.2) is 11.5 Å². The molecule has 0 atom stereocenters. The third kappa shape index (κ3) is 5.37. The zero-order valence-electron chi connectivity index (χ0n) is 20.4. The molecule has 8 heteroatoms. The van der Waals surface area contributed by atoms with E-state index in [-0.39, 0.29) is 6.42 Å². The minimum absolute atomic E-state index is 0.0681. The topological polar surface area (TPSA) is 104 Å². The Kier molecular flexibility index (Phi) is 7.50. The van der Waals surface area contributed by atoms with Crippen molar-refractivity contribution in [3.05, 3.63) is 71.9 Å². The van der Waals surface area contributed by atoms with Crippen LogP contribution in [0.2, 0.25) is 0 Å². The molecule has 0 aliphatic heterocycles. The molecule has 0 unspecified atom stereocenters. The average Bonchev–Trinajstić information content (AvgIpc) is 3.34. The van der Waals surface area contributed by atoms with E-state index in [0.717, 1.165) is 40.8 Å². The lowest BCUT2D eigenvalue weighted by Gasteiger charge is -2.20. The molecule has 2 heterocycles. The molecule has 4 aromatic rings. The van der Waals surface area contributed by atoms with Gasteiger partial charge < -0.3 is 25.1 Å². The lowest BCUT2D eigenvalue weighted by Crippen LogP contribution is -2.15. The third-order valence-corrected chi connectivity index (χ3v) is 5.77. The van der Waals surface area contributed by atoms with Gasteiger partial charge in [-0.2, -0.15) is 0 Å². The van der Waals surface area contributed by atoms with E-state index in [1.165, 1.54) is 11.1 Å². The summed E-state index contributed by atoms with van der Waals surface area (Å²) in [5.41, 5.74) is 11.2. The molecular formula is C27H31N5O3. The minimum Gasteiger partial charge on any atom is -0.490 e. The number of primary amides is 1. The van der Waals surface area contributed by atoms with Crippen molar-refractivity contribution in [3.63, 3.8) is 0 Å². The van der Waals surface area contributed by atoms with Crippen LogP contribution in [0.5, 0.6) is 11.5 Å². The highest BCUT2D eigenvalue weighted by Gasteiger charge is 2.17. The molecule has 2 aromatic heterocycles. The van der Waals surface area contributed by atoms with E-state index in [1.54, 1.807) is 12.4 Å². The molecule has 0 saturated heterocycles. The SMILES string of the molecule is CCOc1cc2ncc(CC(N)=O)c(Nc3cccc(Cn4ccnc4)c3CC)c2cc1OCC. The number of imidazole rings is 1. The quantitative estimate of drug-likeness (QED) is 0.330. The fourth-order valence-electron chi connectivity index (χ4n) is 4.28. The van der Waals surface area contributed by atoms with Gasteiger partial charge in [0, 0.05) is 47.8 Å². The van der Waals surface area contributed by atoms with Crippen LogP contribution in [0, 0.1) is 0 Å². The number of ether oxygens (including phenoxy) is 2. The molecule has 182 valence electrons. The first kappa shape index (κ1) is 24.1. The maximum Gasteiger partial charge on any atom is 0.221 e. The summed E-state index contributed by atoms with van der Waals surface area (Å²) >= 11 is 0. The number of rotatable bonds is 11. The predicted octanol–water partition coefficient (Wildman–Crippen LogP) is 4.61. The molecule has 0 spiro atoms. The summed E-state index contributed by atoms with van der Waals surface area (Å²) in [4.78, 5) is 20.6. The van der Waals surface area contributed by atoms with Gasteiger partial charge in [-0.3, -0.25) is 9.78 Å². The maximum atomic E-state index is 11.9. The number of anilines is 2. The van der Waals surface area contributed by atoms with Crippen molar-refractivity contribution in [1.82, 2.24) is 14.5 Å². The van der Waals surface area contributed by atoms with E-state index in [1.807, 2.05) is 49.1 Å². The Morgan fingerprint density at radius 2 is 1.86 bits per heavy atom. The number of benzene rings is 2. The van der Waals surface area contributed by atoms with E-state index >= 15 is 0 Å². The number of nitrogens with zero attached hydrogens (tertiary/aromatic N) is 3. The standard InChI is InChI=1S/C27H31N5O3/c1-4-20-18(16-32-11-10-29-17-32)8-7-9-22(20)31-27-19(12-26(28)33)15-30-23-14-25(35-6-3)24(34-5-2)13-21(23)27/h7-11,13-15,17H,4-6,12,16H2,1-3H3,(H2,28,33)(H,30,31). The van der Waals surface area contributed by atoms with Crippen molar-refractivity contribution in [1.29, 1.82) is 0 Å². The Morgan fingerprint density at radius 3 is 2.51 bits per heavy atom. The smallest absolute Gasteiger partial charge is 0.221 e. The second-order valence-corrected chi connectivity index (χ2v) is 8.14. The third-order valence-electron chi connectivity index (χ3n) is 5.77. The van der Waals surface area contributed by atoms with Crippen molar-refractivity contribution in [2.24, 2.45) is 5.73 Å². The Balaban J connectivity index is 1.85. The number of hydrogen-bond acceptors (Lipinski definition) is 6. The van der Waals surface area contributed by atoms with Gasteiger partial charge in [0.2, 0.25) is 5.91 Å². The fraction of sp³-hybridized carbons (Fsp3) is 0.296. The summed E-state index contributed by atoms with van der Waals surface area (Å²) in [5.74, 6) is 0.849. The molecule has 0 radical (unpaired) electrons. The van der Waals surface area contributed by atoms with Gasteiger partial charge in [-0.1, -0.05) is 19.1 Å². The number of carbonyl (C=O) groups excluding carboxylic acids is 1. The number of nitrogens with one attached hydrogen (secondary N) is 1. The number of hydrogen-bond donors (Lipinski definition) is 2. The minimum atomic E-state index is -0.422. The number of aromatic nitrogens is 3. The van der Waals surface area contributed by atoms with E-state index in [2.05, 4.69) is 34.3 Å². The van der Waals surface area contributed by atoms with Crippen LogP contribution in [0.25, 0.3) is 10.9 Å². The lowest BCUT2D eigenvalue weighted by molar-refractivity contribution is -0.117. The summed E-state index contributed by atoms with van der Waals surface area (Å²) in [6, 6.07) is 10.0. The van der Waals surface area contributed by atoms with Crippen LogP contribution in [0.15, 0.2) is 55.2 Å². The van der Waals surface area contributed by atoms with Gasteiger partial charge in [0.1, 0.15) is 0 Å². The van der Waals surface area contributed by atoms with Crippen LogP contribution in [-0.2, 0) is 24.2 Å². The van der Waals surface area contributed by atoms with Gasteiger partial charge >= 0.3 is 0 Å². The number of fused-ring (bicyclic) bond motifs is 1. The monoisotopic (exact) mass is 473 g/mol. The molecule has 2 aromatic carbocycles. The van der Waals surface area contributed by atoms with Crippen molar-refractivity contribution < 1.29 is 14.3 Å². The molecule has 0 aliphatic carbocycles. The Hall–Kier alpha value is -4.07. The van der Waals surface area contributed by atoms with Gasteiger partial charge in [-0.25, -0.2) is 4.98 Å². The van der Waals surface area contributed by atoms with Gasteiger partial charge in [-0.05, 0) is 43.5 Å². The molecule has 35 heavy (non-hydrogen) atoms. The fourth-order valence-corrected chi connectivity index (χ4v) is 4.28. The maximum absolute atomic E-state index is 11.9. The molecule has 0 saturated carbocycles. The van der Waals surface area contributed by atoms with E-state index in [9.17, 15) is 4.79 Å². The van der Waals surface area contributed by atoms with Crippen LogP contribution < -0.4 is 20.5 Å². The van der Waals surface area contributed by atoms with Crippen LogP contribution in [0.1, 0.15) is 37.5 Å². The summed E-state index contributed by atoms with van der Waals surface area (Å²) in [6.45, 7) is 7.73. The zero-order chi connectivity index (χ0) is 24.8. The first-order valence-corrected chi connectivity index (χ1v) is 11.9. The Morgan fingerprint density at radius 1 is 1.09 bits per heavy atom. The highest BCUT2D eigenvalue weighted by molar-refractivity contribution is 5.98. The first-order chi connectivity index (χ1) is 17.0. The Bertz CT molecular complexity index is 1320. The average molecular weight is 474 g/mol. The number of nitrogens with two attached hydrogens (primary N) is 1. The molecule has 1 amide bonds. The lowest BCUT2D eigenvalue weighted by atomic mass is 10.0. The highest BCUT2D eigenvalue weighted by atomic mass is 16.5. The van der Waals surface area contributed by atoms with Crippen molar-refractivity contribution in [2.75, 3.05) is 18.5 Å². The van der Waals surface area contributed by atoms with Gasteiger partial charge in [-0.15, -0.1) is 0 Å². The van der Waals surface area contributed by atoms with Crippen molar-refractivity contribution in [3.8, 4) is 11.5 Å². The summed E-state index contributed by atoms with van der Waals surface area (Å²) in [7, 11) is 0. The number of amides is 1. The molecule has 4 rings (SSSR count). The Labute approximate surface area is 205 Å². The normalized spacial score (nSPS) is 10.9. The van der Waals surface area contributed by atoms with Crippen LogP contribution in [-0.4, -0.2) is 33.7 Å². The van der Waals surface area contributed by atoms with Crippen LogP contribution in [0.4, 0.5) is 11.4 Å². The van der Waals surface area contributed by atoms with E-state index in [0.29, 0.717) is 24.7 Å². The zero-order valence-corrected chi connectivity index (χ0v) is 20.4. The highest BCUT2D eigenvalue weighted by Crippen LogP contribution is 2.38. The number of carbonyl (C=O) groups is 1. The van der Waals surface area contributed by atoms with E-state index < -0.39 is 5.91 Å². The van der Waals surface area contributed by atoms with Crippen molar-refractivity contribution in [2.45, 2.75) is 40.2 Å². The van der Waals surface area contributed by atoms with Gasteiger partial charge in [0.25, 0.3) is 0 Å². The summed E-state index contributed by atoms with van der Waals surface area (Å²) in [6.07, 6.45) is 8.14. The van der Waals surface area contributed by atoms with E-state index in [4.69, 9.17) is 15.2 Å².